The number of carbonyl (C=O) groups is 2. The number of pyridine rings is 1. The first-order valence-electron chi connectivity index (χ1n) is 13.1. The third-order valence-corrected chi connectivity index (χ3v) is 7.93. The topological polar surface area (TPSA) is 107 Å². The van der Waals surface area contributed by atoms with Crippen molar-refractivity contribution >= 4 is 39.1 Å². The van der Waals surface area contributed by atoms with E-state index in [0.29, 0.717) is 34.3 Å². The second-order valence-corrected chi connectivity index (χ2v) is 10.7. The number of thiophene rings is 1. The lowest BCUT2D eigenvalue weighted by Gasteiger charge is -2.12. The van der Waals surface area contributed by atoms with Crippen LogP contribution in [-0.2, 0) is 12.8 Å². The monoisotopic (exact) mass is 593 g/mol. The molecule has 1 unspecified atom stereocenters. The van der Waals surface area contributed by atoms with E-state index < -0.39 is 23.7 Å². The maximum atomic E-state index is 13.7. The molecule has 0 spiro atoms. The number of fused-ring (bicyclic) bond motifs is 1. The van der Waals surface area contributed by atoms with Crippen LogP contribution in [0.3, 0.4) is 0 Å². The first kappa shape index (κ1) is 28.9. The summed E-state index contributed by atoms with van der Waals surface area (Å²) in [5.41, 5.74) is 6.18. The Hall–Kier alpha value is -4.64. The van der Waals surface area contributed by atoms with E-state index in [1.165, 1.54) is 11.6 Å². The van der Waals surface area contributed by atoms with Gasteiger partial charge in [-0.05, 0) is 59.4 Å². The number of hydrogen-bond acceptors (Lipinski definition) is 6. The van der Waals surface area contributed by atoms with Gasteiger partial charge >= 0.3 is 6.18 Å². The van der Waals surface area contributed by atoms with E-state index in [0.717, 1.165) is 12.5 Å². The van der Waals surface area contributed by atoms with Gasteiger partial charge < -0.3 is 20.2 Å². The van der Waals surface area contributed by atoms with E-state index in [1.54, 1.807) is 36.4 Å². The number of aromatic nitrogens is 1. The number of nitrogens with zero attached hydrogens (tertiary/aromatic N) is 1. The minimum Gasteiger partial charge on any atom is -0.486 e. The third kappa shape index (κ3) is 6.01. The van der Waals surface area contributed by atoms with Gasteiger partial charge in [-0.3, -0.25) is 9.59 Å². The molecule has 2 amide bonds. The number of rotatable bonds is 9. The van der Waals surface area contributed by atoms with E-state index in [1.807, 2.05) is 24.3 Å². The average molecular weight is 594 g/mol. The Balaban J connectivity index is 1.43. The maximum absolute atomic E-state index is 13.7. The van der Waals surface area contributed by atoms with Crippen LogP contribution in [-0.4, -0.2) is 16.8 Å². The summed E-state index contributed by atoms with van der Waals surface area (Å²) in [5, 5.41) is 2.79. The molecule has 11 heteroatoms. The van der Waals surface area contributed by atoms with Gasteiger partial charge in [0, 0.05) is 5.39 Å². The van der Waals surface area contributed by atoms with Gasteiger partial charge in [-0.1, -0.05) is 56.3 Å². The van der Waals surface area contributed by atoms with Gasteiger partial charge in [0.05, 0.1) is 5.69 Å². The molecule has 0 radical (unpaired) electrons. The Morgan fingerprint density at radius 1 is 1.07 bits per heavy atom. The smallest absolute Gasteiger partial charge is 0.433 e. The molecule has 0 aliphatic rings. The fourth-order valence-corrected chi connectivity index (χ4v) is 5.42. The van der Waals surface area contributed by atoms with Crippen molar-refractivity contribution in [2.45, 2.75) is 39.0 Å². The molecular weight excluding hydrogens is 567 g/mol. The van der Waals surface area contributed by atoms with Crippen LogP contribution in [0.15, 0.2) is 77.2 Å². The van der Waals surface area contributed by atoms with Crippen LogP contribution in [0.4, 0.5) is 18.9 Å². The Kier molecular flexibility index (Phi) is 8.04. The van der Waals surface area contributed by atoms with Crippen molar-refractivity contribution in [2.24, 2.45) is 5.73 Å². The minimum absolute atomic E-state index is 0.0387. The second-order valence-electron chi connectivity index (χ2n) is 9.66. The highest BCUT2D eigenvalue weighted by Gasteiger charge is 2.35. The summed E-state index contributed by atoms with van der Waals surface area (Å²) in [6.45, 7) is 4.33. The van der Waals surface area contributed by atoms with Gasteiger partial charge in [0.15, 0.2) is 5.76 Å². The molecule has 0 saturated carbocycles. The highest BCUT2D eigenvalue weighted by molar-refractivity contribution is 7.21. The minimum atomic E-state index is -4.74. The van der Waals surface area contributed by atoms with Crippen LogP contribution >= 0.6 is 11.3 Å². The van der Waals surface area contributed by atoms with Crippen LogP contribution in [0.25, 0.3) is 21.3 Å². The zero-order valence-corrected chi connectivity index (χ0v) is 23.4. The highest BCUT2D eigenvalue weighted by atomic mass is 32.1. The largest absolute Gasteiger partial charge is 0.486 e. The molecule has 42 heavy (non-hydrogen) atoms. The van der Waals surface area contributed by atoms with E-state index in [-0.39, 0.29) is 38.7 Å². The molecule has 1 atom stereocenters. The number of hydrogen-bond donors (Lipinski definition) is 2. The maximum Gasteiger partial charge on any atom is 0.433 e. The molecule has 216 valence electrons. The number of nitrogens with two attached hydrogens (primary N) is 1. The normalized spacial score (nSPS) is 12.3. The number of primary amides is 1. The van der Waals surface area contributed by atoms with Crippen LogP contribution in [0.2, 0.25) is 0 Å². The molecule has 0 aliphatic heterocycles. The van der Waals surface area contributed by atoms with Crippen molar-refractivity contribution < 1.29 is 31.9 Å². The van der Waals surface area contributed by atoms with Gasteiger partial charge in [-0.25, -0.2) is 4.98 Å². The van der Waals surface area contributed by atoms with Gasteiger partial charge in [-0.2, -0.15) is 13.2 Å². The zero-order chi connectivity index (χ0) is 30.0. The summed E-state index contributed by atoms with van der Waals surface area (Å²) >= 11 is 0.672. The third-order valence-electron chi connectivity index (χ3n) is 6.83. The molecule has 2 aromatic carbocycles. The molecule has 7 nitrogen and oxygen atoms in total. The number of halogens is 3. The lowest BCUT2D eigenvalue weighted by molar-refractivity contribution is -0.140. The summed E-state index contributed by atoms with van der Waals surface area (Å²) in [6, 6.07) is 20.0. The summed E-state index contributed by atoms with van der Waals surface area (Å²) in [7, 11) is 0. The number of amides is 2. The lowest BCUT2D eigenvalue weighted by atomic mass is 9.99. The molecule has 3 N–H and O–H groups in total. The Labute approximate surface area is 243 Å². The summed E-state index contributed by atoms with van der Waals surface area (Å²) < 4.78 is 52.6. The van der Waals surface area contributed by atoms with Crippen LogP contribution in [0.1, 0.15) is 63.4 Å². The van der Waals surface area contributed by atoms with Crippen molar-refractivity contribution in [1.82, 2.24) is 4.98 Å². The van der Waals surface area contributed by atoms with Gasteiger partial charge in [0.25, 0.3) is 11.8 Å². The Bertz CT molecular complexity index is 1750. The molecule has 5 rings (SSSR count). The number of ether oxygens (including phenoxy) is 1. The fraction of sp³-hybridized carbons (Fsp3) is 0.194. The fourth-order valence-electron chi connectivity index (χ4n) is 4.42. The molecule has 0 saturated heterocycles. The number of carbonyl (C=O) groups excluding carboxylic acids is 2. The SMILES string of the molecule is CCC(C)c1ccc(OCc2ccc(C(=O)Nc3c(C(N)=O)sc4nc(C(F)(F)F)cc(-c5ccccc5)c34)o2)cc1. The molecule has 0 fully saturated rings. The zero-order valence-electron chi connectivity index (χ0n) is 22.6. The molecule has 0 bridgehead atoms. The number of alkyl halides is 3. The summed E-state index contributed by atoms with van der Waals surface area (Å²) in [5.74, 6) is -0.283. The molecule has 3 aromatic heterocycles. The van der Waals surface area contributed by atoms with Crippen LogP contribution < -0.4 is 15.8 Å². The number of nitrogens with one attached hydrogen (secondary N) is 1. The second kappa shape index (κ2) is 11.7. The van der Waals surface area contributed by atoms with Crippen molar-refractivity contribution in [1.29, 1.82) is 0 Å². The molecule has 3 heterocycles. The average Bonchev–Trinajstić information content (AvgIpc) is 3.61. The number of anilines is 1. The lowest BCUT2D eigenvalue weighted by Crippen LogP contribution is -2.16. The number of furan rings is 1. The Morgan fingerprint density at radius 2 is 1.79 bits per heavy atom. The first-order chi connectivity index (χ1) is 20.0. The van der Waals surface area contributed by atoms with E-state index >= 15 is 0 Å². The van der Waals surface area contributed by atoms with Crippen molar-refractivity contribution in [3.8, 4) is 16.9 Å². The number of benzene rings is 2. The van der Waals surface area contributed by atoms with Crippen molar-refractivity contribution in [3.05, 3.63) is 100 Å². The predicted octanol–water partition coefficient (Wildman–Crippen LogP) is 8.02. The van der Waals surface area contributed by atoms with Gasteiger partial charge in [0.2, 0.25) is 0 Å². The van der Waals surface area contributed by atoms with Crippen LogP contribution in [0.5, 0.6) is 5.75 Å². The summed E-state index contributed by atoms with van der Waals surface area (Å²) in [6.07, 6.45) is -3.71. The quantitative estimate of drug-likeness (QED) is 0.180. The van der Waals surface area contributed by atoms with Gasteiger partial charge in [0.1, 0.15) is 33.5 Å². The van der Waals surface area contributed by atoms with E-state index in [2.05, 4.69) is 24.1 Å². The molecule has 0 aliphatic carbocycles. The first-order valence-corrected chi connectivity index (χ1v) is 13.9. The molecular formula is C31H26F3N3O4S. The highest BCUT2D eigenvalue weighted by Crippen LogP contribution is 2.43. The van der Waals surface area contributed by atoms with E-state index in [9.17, 15) is 22.8 Å². The van der Waals surface area contributed by atoms with Gasteiger partial charge in [-0.15, -0.1) is 11.3 Å². The van der Waals surface area contributed by atoms with Crippen LogP contribution in [0, 0.1) is 0 Å². The molecule has 5 aromatic rings. The van der Waals surface area contributed by atoms with E-state index in [4.69, 9.17) is 14.9 Å². The Morgan fingerprint density at radius 3 is 2.43 bits per heavy atom. The summed E-state index contributed by atoms with van der Waals surface area (Å²) in [4.78, 5) is 29.1. The predicted molar refractivity (Wildman–Crippen MR) is 155 cm³/mol. The van der Waals surface area contributed by atoms with Crippen molar-refractivity contribution in [2.75, 3.05) is 5.32 Å². The van der Waals surface area contributed by atoms with Crippen molar-refractivity contribution in [3.63, 3.8) is 0 Å². The standard InChI is InChI=1S/C31H26F3N3O4S/c1-3-17(2)18-9-11-20(12-10-18)40-16-21-13-14-23(41-21)29(39)37-26-25-22(19-7-5-4-6-8-19)15-24(31(32,33)34)36-30(25)42-27(26)28(35)38/h4-15,17H,3,16H2,1-2H3,(H2,35,38)(H,37,39).